The highest BCUT2D eigenvalue weighted by molar-refractivity contribution is 7.09. The van der Waals surface area contributed by atoms with Gasteiger partial charge in [-0.2, -0.15) is 0 Å². The van der Waals surface area contributed by atoms with Gasteiger partial charge in [0, 0.05) is 18.5 Å². The molecular formula is C13H21N3OS. The van der Waals surface area contributed by atoms with Crippen molar-refractivity contribution < 1.29 is 4.79 Å². The van der Waals surface area contributed by atoms with Crippen molar-refractivity contribution in [1.82, 2.24) is 9.88 Å². The summed E-state index contributed by atoms with van der Waals surface area (Å²) in [4.78, 5) is 18.5. The molecule has 100 valence electrons. The van der Waals surface area contributed by atoms with Crippen molar-refractivity contribution in [2.24, 2.45) is 11.7 Å². The molecule has 1 aromatic rings. The summed E-state index contributed by atoms with van der Waals surface area (Å²) in [6, 6.07) is -0.0474. The fraction of sp³-hybridized carbons (Fsp3) is 0.692. The van der Waals surface area contributed by atoms with Crippen LogP contribution in [0.1, 0.15) is 43.4 Å². The zero-order valence-electron chi connectivity index (χ0n) is 11.1. The van der Waals surface area contributed by atoms with E-state index in [0.29, 0.717) is 12.3 Å². The number of amides is 1. The largest absolute Gasteiger partial charge is 0.342 e. The number of hydrogen-bond acceptors (Lipinski definition) is 4. The molecule has 18 heavy (non-hydrogen) atoms. The van der Waals surface area contributed by atoms with Gasteiger partial charge in [0.1, 0.15) is 5.01 Å². The van der Waals surface area contributed by atoms with E-state index in [1.807, 2.05) is 17.2 Å². The lowest BCUT2D eigenvalue weighted by Gasteiger charge is -2.30. The van der Waals surface area contributed by atoms with E-state index in [4.69, 9.17) is 5.73 Å². The summed E-state index contributed by atoms with van der Waals surface area (Å²) in [7, 11) is 0. The van der Waals surface area contributed by atoms with Gasteiger partial charge in [0.25, 0.3) is 0 Å². The predicted molar refractivity (Wildman–Crippen MR) is 73.4 cm³/mol. The van der Waals surface area contributed by atoms with Crippen LogP contribution in [0.2, 0.25) is 0 Å². The summed E-state index contributed by atoms with van der Waals surface area (Å²) >= 11 is 1.54. The number of carbonyl (C=O) groups is 1. The van der Waals surface area contributed by atoms with Crippen molar-refractivity contribution in [2.45, 2.75) is 39.2 Å². The van der Waals surface area contributed by atoms with Gasteiger partial charge in [0.2, 0.25) is 5.91 Å². The Morgan fingerprint density at radius 2 is 2.50 bits per heavy atom. The van der Waals surface area contributed by atoms with Crippen LogP contribution in [-0.4, -0.2) is 28.9 Å². The molecule has 1 fully saturated rings. The number of nitrogens with zero attached hydrogens (tertiary/aromatic N) is 2. The molecule has 2 unspecified atom stereocenters. The summed E-state index contributed by atoms with van der Waals surface area (Å²) in [5, 5.41) is 2.86. The molecule has 0 aliphatic carbocycles. The van der Waals surface area contributed by atoms with Gasteiger partial charge in [-0.25, -0.2) is 4.98 Å². The fourth-order valence-corrected chi connectivity index (χ4v) is 3.07. The van der Waals surface area contributed by atoms with Crippen LogP contribution < -0.4 is 5.73 Å². The number of rotatable bonds is 3. The molecule has 1 aliphatic heterocycles. The van der Waals surface area contributed by atoms with Gasteiger partial charge in [-0.15, -0.1) is 11.3 Å². The summed E-state index contributed by atoms with van der Waals surface area (Å²) < 4.78 is 0. The third-order valence-corrected chi connectivity index (χ3v) is 4.40. The monoisotopic (exact) mass is 267 g/mol. The molecule has 1 saturated heterocycles. The molecule has 1 aliphatic rings. The van der Waals surface area contributed by atoms with Crippen molar-refractivity contribution in [3.05, 3.63) is 16.1 Å². The van der Waals surface area contributed by atoms with Crippen LogP contribution in [0.15, 0.2) is 5.38 Å². The first-order valence-electron chi connectivity index (χ1n) is 6.54. The molecule has 2 rings (SSSR count). The number of carbonyl (C=O) groups excluding carboxylic acids is 1. The summed E-state index contributed by atoms with van der Waals surface area (Å²) in [5.41, 5.74) is 6.63. The van der Waals surface area contributed by atoms with Gasteiger partial charge in [0.15, 0.2) is 0 Å². The quantitative estimate of drug-likeness (QED) is 0.910. The molecule has 2 atom stereocenters. The van der Waals surface area contributed by atoms with Crippen molar-refractivity contribution in [1.29, 1.82) is 0 Å². The van der Waals surface area contributed by atoms with E-state index < -0.39 is 0 Å². The lowest BCUT2D eigenvalue weighted by atomic mass is 10.00. The first-order valence-corrected chi connectivity index (χ1v) is 7.42. The molecule has 0 bridgehead atoms. The van der Waals surface area contributed by atoms with Gasteiger partial charge in [-0.1, -0.05) is 6.92 Å². The first kappa shape index (κ1) is 13.5. The van der Waals surface area contributed by atoms with Gasteiger partial charge in [0.05, 0.1) is 18.2 Å². The second kappa shape index (κ2) is 5.80. The molecule has 0 aromatic carbocycles. The Labute approximate surface area is 112 Å². The third-order valence-electron chi connectivity index (χ3n) is 3.30. The number of hydrogen-bond donors (Lipinski definition) is 1. The summed E-state index contributed by atoms with van der Waals surface area (Å²) in [5.74, 6) is 0.820. The average Bonchev–Trinajstić information content (AvgIpc) is 2.77. The van der Waals surface area contributed by atoms with Crippen LogP contribution in [0, 0.1) is 5.92 Å². The molecular weight excluding hydrogens is 246 g/mol. The second-order valence-electron chi connectivity index (χ2n) is 5.23. The number of thiazole rings is 1. The smallest absolute Gasteiger partial charge is 0.228 e. The van der Waals surface area contributed by atoms with E-state index in [0.717, 1.165) is 30.2 Å². The SMILES string of the molecule is CC1CCCN(C(=O)Cc2csc(C(C)N)n2)C1. The normalized spacial score (nSPS) is 21.9. The molecule has 1 aromatic heterocycles. The van der Waals surface area contributed by atoms with Crippen molar-refractivity contribution in [3.8, 4) is 0 Å². The highest BCUT2D eigenvalue weighted by Crippen LogP contribution is 2.19. The van der Waals surface area contributed by atoms with Crippen LogP contribution in [-0.2, 0) is 11.2 Å². The van der Waals surface area contributed by atoms with Crippen LogP contribution in [0.25, 0.3) is 0 Å². The minimum Gasteiger partial charge on any atom is -0.342 e. The number of likely N-dealkylation sites (tertiary alicyclic amines) is 1. The van der Waals surface area contributed by atoms with Crippen molar-refractivity contribution >= 4 is 17.2 Å². The Bertz CT molecular complexity index is 416. The second-order valence-corrected chi connectivity index (χ2v) is 6.12. The number of aromatic nitrogens is 1. The van der Waals surface area contributed by atoms with E-state index in [2.05, 4.69) is 11.9 Å². The molecule has 0 radical (unpaired) electrons. The molecule has 0 saturated carbocycles. The zero-order chi connectivity index (χ0) is 13.1. The lowest BCUT2D eigenvalue weighted by Crippen LogP contribution is -2.39. The molecule has 5 heteroatoms. The lowest BCUT2D eigenvalue weighted by molar-refractivity contribution is -0.132. The Morgan fingerprint density at radius 3 is 3.11 bits per heavy atom. The van der Waals surface area contributed by atoms with Crippen molar-refractivity contribution in [2.75, 3.05) is 13.1 Å². The van der Waals surface area contributed by atoms with Crippen molar-refractivity contribution in [3.63, 3.8) is 0 Å². The Balaban J connectivity index is 1.93. The molecule has 2 heterocycles. The van der Waals surface area contributed by atoms with E-state index in [9.17, 15) is 4.79 Å². The van der Waals surface area contributed by atoms with Gasteiger partial charge in [-0.3, -0.25) is 4.79 Å². The molecule has 2 N–H and O–H groups in total. The Hall–Kier alpha value is -0.940. The van der Waals surface area contributed by atoms with Gasteiger partial charge < -0.3 is 10.6 Å². The standard InChI is InChI=1S/C13H21N3OS/c1-9-4-3-5-16(7-9)12(17)6-11-8-18-13(15-11)10(2)14/h8-10H,3-7,14H2,1-2H3. The molecule has 4 nitrogen and oxygen atoms in total. The summed E-state index contributed by atoms with van der Waals surface area (Å²) in [6.07, 6.45) is 2.76. The Kier molecular flexibility index (Phi) is 4.35. The van der Waals surface area contributed by atoms with Crippen LogP contribution in [0.3, 0.4) is 0 Å². The molecule has 0 spiro atoms. The van der Waals surface area contributed by atoms with E-state index in [1.165, 1.54) is 17.8 Å². The van der Waals surface area contributed by atoms with Crippen LogP contribution >= 0.6 is 11.3 Å². The van der Waals surface area contributed by atoms with E-state index in [1.54, 1.807) is 0 Å². The van der Waals surface area contributed by atoms with Gasteiger partial charge >= 0.3 is 0 Å². The Morgan fingerprint density at radius 1 is 1.72 bits per heavy atom. The van der Waals surface area contributed by atoms with E-state index >= 15 is 0 Å². The number of piperidine rings is 1. The number of nitrogens with two attached hydrogens (primary N) is 1. The predicted octanol–water partition coefficient (Wildman–Crippen LogP) is 1.96. The minimum absolute atomic E-state index is 0.0474. The first-order chi connectivity index (χ1) is 8.56. The maximum atomic E-state index is 12.2. The third kappa shape index (κ3) is 3.29. The zero-order valence-corrected chi connectivity index (χ0v) is 11.9. The minimum atomic E-state index is -0.0474. The highest BCUT2D eigenvalue weighted by atomic mass is 32.1. The van der Waals surface area contributed by atoms with E-state index in [-0.39, 0.29) is 11.9 Å². The van der Waals surface area contributed by atoms with Crippen LogP contribution in [0.5, 0.6) is 0 Å². The topological polar surface area (TPSA) is 59.2 Å². The average molecular weight is 267 g/mol. The van der Waals surface area contributed by atoms with Crippen LogP contribution in [0.4, 0.5) is 0 Å². The molecule has 1 amide bonds. The maximum absolute atomic E-state index is 12.2. The maximum Gasteiger partial charge on any atom is 0.228 e. The fourth-order valence-electron chi connectivity index (χ4n) is 2.30. The highest BCUT2D eigenvalue weighted by Gasteiger charge is 2.21. The summed E-state index contributed by atoms with van der Waals surface area (Å²) in [6.45, 7) is 5.91. The van der Waals surface area contributed by atoms with Gasteiger partial charge in [-0.05, 0) is 25.7 Å².